The first-order valence-corrected chi connectivity index (χ1v) is 22.8. The number of likely N-dealkylation sites (N-methyl/N-ethyl adjacent to an activating group) is 1. The van der Waals surface area contributed by atoms with Crippen LogP contribution in [0.25, 0.3) is 32.9 Å². The van der Waals surface area contributed by atoms with E-state index in [-0.39, 0.29) is 41.4 Å². The molecule has 0 saturated carbocycles. The van der Waals surface area contributed by atoms with Crippen molar-refractivity contribution in [2.24, 2.45) is 0 Å². The van der Waals surface area contributed by atoms with Gasteiger partial charge in [-0.25, -0.2) is 9.18 Å². The summed E-state index contributed by atoms with van der Waals surface area (Å²) in [5.74, 6) is 3.71. The van der Waals surface area contributed by atoms with E-state index in [1.807, 2.05) is 43.9 Å². The van der Waals surface area contributed by atoms with Crippen LogP contribution in [0.3, 0.4) is 0 Å². The van der Waals surface area contributed by atoms with Crippen molar-refractivity contribution < 1.29 is 18.7 Å². The molecule has 2 bridgehead atoms. The number of hydrogen-bond donors (Lipinski definition) is 0. The van der Waals surface area contributed by atoms with Crippen LogP contribution >= 0.6 is 0 Å². The maximum atomic E-state index is 17.4. The Morgan fingerprint density at radius 3 is 2.23 bits per heavy atom. The maximum absolute atomic E-state index is 17.4. The number of anilines is 1. The fourth-order valence-electron chi connectivity index (χ4n) is 9.82. The fraction of sp³-hybridized carbons (Fsp3) is 0.556. The van der Waals surface area contributed by atoms with Crippen molar-refractivity contribution in [2.75, 3.05) is 38.2 Å². The van der Waals surface area contributed by atoms with Crippen LogP contribution in [0, 0.1) is 17.3 Å². The van der Waals surface area contributed by atoms with Gasteiger partial charge in [0, 0.05) is 41.8 Å². The van der Waals surface area contributed by atoms with E-state index in [1.54, 1.807) is 6.20 Å². The van der Waals surface area contributed by atoms with Gasteiger partial charge in [0.15, 0.2) is 5.82 Å². The molecule has 4 aromatic rings. The second kappa shape index (κ2) is 15.6. The molecule has 0 radical (unpaired) electrons. The number of benzene rings is 2. The predicted molar refractivity (Wildman–Crippen MR) is 226 cm³/mol. The van der Waals surface area contributed by atoms with Crippen molar-refractivity contribution in [3.63, 3.8) is 0 Å². The van der Waals surface area contributed by atoms with Gasteiger partial charge in [-0.05, 0) is 88.1 Å². The molecular formula is C45H59FN6O3Si. The lowest BCUT2D eigenvalue weighted by Crippen LogP contribution is -2.57. The van der Waals surface area contributed by atoms with Crippen LogP contribution in [-0.4, -0.2) is 95.9 Å². The van der Waals surface area contributed by atoms with Crippen molar-refractivity contribution in [1.29, 1.82) is 0 Å². The van der Waals surface area contributed by atoms with Crippen LogP contribution in [0.1, 0.15) is 93.6 Å². The number of halogens is 1. The third-order valence-corrected chi connectivity index (χ3v) is 18.8. The van der Waals surface area contributed by atoms with E-state index in [0.29, 0.717) is 53.1 Å². The van der Waals surface area contributed by atoms with Crippen molar-refractivity contribution >= 4 is 41.7 Å². The minimum atomic E-state index is -2.04. The van der Waals surface area contributed by atoms with Gasteiger partial charge in [0.25, 0.3) is 0 Å². The van der Waals surface area contributed by atoms with Crippen LogP contribution in [0.5, 0.6) is 6.01 Å². The third kappa shape index (κ3) is 7.47. The van der Waals surface area contributed by atoms with Gasteiger partial charge in [0.05, 0.1) is 17.5 Å². The van der Waals surface area contributed by atoms with Crippen LogP contribution in [-0.2, 0) is 4.74 Å². The van der Waals surface area contributed by atoms with E-state index in [9.17, 15) is 4.79 Å². The highest BCUT2D eigenvalue weighted by atomic mass is 28.3. The monoisotopic (exact) mass is 778 g/mol. The van der Waals surface area contributed by atoms with Gasteiger partial charge < -0.3 is 19.3 Å². The number of aromatic nitrogens is 3. The summed E-state index contributed by atoms with van der Waals surface area (Å²) in [5.41, 5.74) is 6.70. The molecular weight excluding hydrogens is 720 g/mol. The predicted octanol–water partition coefficient (Wildman–Crippen LogP) is 9.61. The zero-order valence-corrected chi connectivity index (χ0v) is 35.9. The Labute approximate surface area is 333 Å². The molecule has 7 rings (SSSR count). The SMILES string of the molecule is CC(C)[Si](C#Cc1cccc2cccc(-c3ncc4c(N5C[C@H]6CC[C@@H](C5)N6C(=O)OC(C)(C)C)nc(OC[C@@H]5CCCN5C)nc4c3F)c12)(C(C)C)C(C)C. The third-order valence-electron chi connectivity index (χ3n) is 12.5. The number of pyridine rings is 1. The number of likely N-dealkylation sites (tertiary alicyclic amines) is 1. The van der Waals surface area contributed by atoms with E-state index in [4.69, 9.17) is 24.4 Å². The molecule has 0 unspecified atom stereocenters. The smallest absolute Gasteiger partial charge is 0.410 e. The minimum Gasteiger partial charge on any atom is -0.462 e. The van der Waals surface area contributed by atoms with Gasteiger partial charge in [0.1, 0.15) is 37.3 Å². The first kappa shape index (κ1) is 39.9. The lowest BCUT2D eigenvalue weighted by atomic mass is 9.96. The average Bonchev–Trinajstić information content (AvgIpc) is 3.67. The van der Waals surface area contributed by atoms with Gasteiger partial charge in [-0.1, -0.05) is 77.8 Å². The van der Waals surface area contributed by atoms with Gasteiger partial charge in [0.2, 0.25) is 0 Å². The number of hydrogen-bond acceptors (Lipinski definition) is 8. The Morgan fingerprint density at radius 1 is 0.964 bits per heavy atom. The lowest BCUT2D eigenvalue weighted by molar-refractivity contribution is 0.0122. The molecule has 5 heterocycles. The summed E-state index contributed by atoms with van der Waals surface area (Å²) < 4.78 is 29.5. The van der Waals surface area contributed by atoms with E-state index >= 15 is 4.39 Å². The van der Waals surface area contributed by atoms with Crippen LogP contribution in [0.2, 0.25) is 16.6 Å². The summed E-state index contributed by atoms with van der Waals surface area (Å²) in [6, 6.07) is 12.4. The molecule has 9 nitrogen and oxygen atoms in total. The van der Waals surface area contributed by atoms with E-state index < -0.39 is 19.5 Å². The number of nitrogens with zero attached hydrogens (tertiary/aromatic N) is 6. The quantitative estimate of drug-likeness (QED) is 0.129. The summed E-state index contributed by atoms with van der Waals surface area (Å²) in [6.07, 6.45) is 5.27. The molecule has 56 heavy (non-hydrogen) atoms. The Hall–Kier alpha value is -4.27. The van der Waals surface area contributed by atoms with Gasteiger partial charge >= 0.3 is 12.1 Å². The Bertz CT molecular complexity index is 2130. The van der Waals surface area contributed by atoms with E-state index in [1.165, 1.54) is 0 Å². The van der Waals surface area contributed by atoms with Gasteiger partial charge in [-0.3, -0.25) is 9.88 Å². The summed E-state index contributed by atoms with van der Waals surface area (Å²) in [4.78, 5) is 34.2. The highest BCUT2D eigenvalue weighted by molar-refractivity contribution is 6.90. The Morgan fingerprint density at radius 2 is 1.62 bits per heavy atom. The van der Waals surface area contributed by atoms with Crippen molar-refractivity contribution in [1.82, 2.24) is 24.8 Å². The number of carbonyl (C=O) groups excluding carboxylic acids is 1. The molecule has 3 aliphatic rings. The highest BCUT2D eigenvalue weighted by Gasteiger charge is 2.45. The lowest BCUT2D eigenvalue weighted by Gasteiger charge is -2.42. The molecule has 3 atom stereocenters. The normalized spacial score (nSPS) is 20.4. The topological polar surface area (TPSA) is 83.9 Å². The number of fused-ring (bicyclic) bond motifs is 4. The summed E-state index contributed by atoms with van der Waals surface area (Å²) in [5, 5.41) is 2.38. The summed E-state index contributed by atoms with van der Waals surface area (Å²) >= 11 is 0. The molecule has 11 heteroatoms. The fourth-order valence-corrected chi connectivity index (χ4v) is 15.0. The standard InChI is InChI=1S/C45H59FN6O3Si/c1-28(2)56(29(3)4,30(5)6)23-21-32-15-11-14-31-16-12-18-36(38(31)32)40-39(46)41-37(24-47-40)42(49-43(48-41)54-27-35-17-13-22-50(35)10)51-25-33-19-20-34(26-51)52(33)44(53)55-45(7,8)9/h11-12,14-16,18,24,28-30,33-35H,13,17,19-20,22,25-27H2,1-10H3/t33-,34+,35-/m0/s1. The van der Waals surface area contributed by atoms with Gasteiger partial charge in [-0.15, -0.1) is 5.54 Å². The molecule has 3 saturated heterocycles. The molecule has 1 amide bonds. The molecule has 2 aromatic heterocycles. The molecule has 3 aliphatic heterocycles. The number of ether oxygens (including phenoxy) is 2. The van der Waals surface area contributed by atoms with Crippen LogP contribution in [0.4, 0.5) is 15.0 Å². The van der Waals surface area contributed by atoms with Gasteiger partial charge in [-0.2, -0.15) is 9.97 Å². The first-order chi connectivity index (χ1) is 26.6. The maximum Gasteiger partial charge on any atom is 0.410 e. The average molecular weight is 779 g/mol. The molecule has 0 N–H and O–H groups in total. The number of rotatable bonds is 8. The second-order valence-corrected chi connectivity index (χ2v) is 23.7. The zero-order chi connectivity index (χ0) is 40.1. The minimum absolute atomic E-state index is 0.0544. The largest absolute Gasteiger partial charge is 0.462 e. The van der Waals surface area contributed by atoms with E-state index in [2.05, 4.69) is 88.1 Å². The first-order valence-electron chi connectivity index (χ1n) is 20.6. The summed E-state index contributed by atoms with van der Waals surface area (Å²) in [7, 11) is 0.0638. The summed E-state index contributed by atoms with van der Waals surface area (Å²) in [6.45, 7) is 22.1. The Balaban J connectivity index is 1.33. The highest BCUT2D eigenvalue weighted by Crippen LogP contribution is 2.42. The molecule has 0 aliphatic carbocycles. The molecule has 3 fully saturated rings. The zero-order valence-electron chi connectivity index (χ0n) is 34.9. The number of piperazine rings is 1. The number of carbonyl (C=O) groups is 1. The van der Waals surface area contributed by atoms with Crippen molar-refractivity contribution in [3.05, 3.63) is 54.0 Å². The van der Waals surface area contributed by atoms with Crippen molar-refractivity contribution in [2.45, 2.75) is 128 Å². The van der Waals surface area contributed by atoms with Crippen LogP contribution in [0.15, 0.2) is 42.6 Å². The molecule has 2 aromatic carbocycles. The van der Waals surface area contributed by atoms with E-state index in [0.717, 1.165) is 48.6 Å². The molecule has 298 valence electrons. The van der Waals surface area contributed by atoms with Crippen LogP contribution < -0.4 is 9.64 Å². The molecule has 0 spiro atoms. The van der Waals surface area contributed by atoms with Crippen molar-refractivity contribution in [3.8, 4) is 28.7 Å². The second-order valence-electron chi connectivity index (χ2n) is 18.1. The Kier molecular flexibility index (Phi) is 11.1. The number of amides is 1.